The molecule has 1 aromatic carbocycles. The highest BCUT2D eigenvalue weighted by Crippen LogP contribution is 2.29. The Hall–Kier alpha value is -2.40. The molecule has 1 aliphatic rings. The molecule has 3 aromatic rings. The highest BCUT2D eigenvalue weighted by molar-refractivity contribution is 7.08. The summed E-state index contributed by atoms with van der Waals surface area (Å²) in [5.41, 5.74) is 3.48. The first-order valence-corrected chi connectivity index (χ1v) is 9.52. The van der Waals surface area contributed by atoms with E-state index < -0.39 is 0 Å². The van der Waals surface area contributed by atoms with Crippen LogP contribution >= 0.6 is 11.3 Å². The molecule has 2 aromatic heterocycles. The molecule has 0 bridgehead atoms. The van der Waals surface area contributed by atoms with Gasteiger partial charge in [-0.3, -0.25) is 4.79 Å². The topological polar surface area (TPSA) is 38.1 Å². The smallest absolute Gasteiger partial charge is 0.227 e. The first-order chi connectivity index (χ1) is 12.2. The molecule has 4 nitrogen and oxygen atoms in total. The lowest BCUT2D eigenvalue weighted by Gasteiger charge is -2.28. The second kappa shape index (κ2) is 6.84. The number of fused-ring (bicyclic) bond motifs is 1. The fourth-order valence-electron chi connectivity index (χ4n) is 3.52. The fraction of sp³-hybridized carbons (Fsp3) is 0.300. The van der Waals surface area contributed by atoms with Gasteiger partial charge in [0.1, 0.15) is 5.82 Å². The van der Waals surface area contributed by atoms with Crippen molar-refractivity contribution < 1.29 is 4.79 Å². The van der Waals surface area contributed by atoms with Crippen LogP contribution < -0.4 is 0 Å². The van der Waals surface area contributed by atoms with Gasteiger partial charge in [-0.15, -0.1) is 0 Å². The molecule has 0 saturated heterocycles. The molecule has 128 valence electrons. The predicted octanol–water partition coefficient (Wildman–Crippen LogP) is 3.83. The van der Waals surface area contributed by atoms with Crippen molar-refractivity contribution in [1.29, 1.82) is 0 Å². The summed E-state index contributed by atoms with van der Waals surface area (Å²) < 4.78 is 2.23. The number of amides is 1. The highest BCUT2D eigenvalue weighted by atomic mass is 32.1. The SMILES string of the molecule is CN(Cc1ccccc1)C(=O)C1CCc2ncc(-c3ccsc3)n2C1. The normalized spacial score (nSPS) is 16.4. The minimum atomic E-state index is 0.0211. The maximum atomic E-state index is 12.9. The number of hydrogen-bond donors (Lipinski definition) is 0. The molecule has 0 saturated carbocycles. The van der Waals surface area contributed by atoms with Gasteiger partial charge in [-0.05, 0) is 23.4 Å². The lowest BCUT2D eigenvalue weighted by atomic mass is 9.97. The van der Waals surface area contributed by atoms with Crippen molar-refractivity contribution in [3.05, 3.63) is 64.7 Å². The van der Waals surface area contributed by atoms with E-state index in [9.17, 15) is 4.79 Å². The van der Waals surface area contributed by atoms with E-state index in [2.05, 4.69) is 38.5 Å². The Morgan fingerprint density at radius 3 is 2.92 bits per heavy atom. The van der Waals surface area contributed by atoms with Gasteiger partial charge in [-0.2, -0.15) is 11.3 Å². The summed E-state index contributed by atoms with van der Waals surface area (Å²) in [6.45, 7) is 1.38. The molecule has 1 atom stereocenters. The van der Waals surface area contributed by atoms with Crippen LogP contribution in [0.4, 0.5) is 0 Å². The third kappa shape index (κ3) is 3.24. The van der Waals surface area contributed by atoms with Gasteiger partial charge in [-0.1, -0.05) is 30.3 Å². The average Bonchev–Trinajstić information content (AvgIpc) is 3.30. The first-order valence-electron chi connectivity index (χ1n) is 8.58. The highest BCUT2D eigenvalue weighted by Gasteiger charge is 2.29. The second-order valence-electron chi connectivity index (χ2n) is 6.60. The molecule has 0 N–H and O–H groups in total. The molecule has 3 heterocycles. The number of thiophene rings is 1. The number of benzene rings is 1. The summed E-state index contributed by atoms with van der Waals surface area (Å²) in [5.74, 6) is 1.34. The molecule has 1 unspecified atom stereocenters. The summed E-state index contributed by atoms with van der Waals surface area (Å²) in [7, 11) is 1.90. The van der Waals surface area contributed by atoms with E-state index in [0.29, 0.717) is 6.54 Å². The van der Waals surface area contributed by atoms with Gasteiger partial charge in [-0.25, -0.2) is 4.98 Å². The van der Waals surface area contributed by atoms with Gasteiger partial charge in [0, 0.05) is 37.5 Å². The number of imidazole rings is 1. The van der Waals surface area contributed by atoms with Crippen molar-refractivity contribution in [1.82, 2.24) is 14.5 Å². The van der Waals surface area contributed by atoms with Crippen LogP contribution in [0.2, 0.25) is 0 Å². The quantitative estimate of drug-likeness (QED) is 0.716. The lowest BCUT2D eigenvalue weighted by Crippen LogP contribution is -2.37. The van der Waals surface area contributed by atoms with Crippen LogP contribution in [-0.4, -0.2) is 27.4 Å². The summed E-state index contributed by atoms with van der Waals surface area (Å²) in [6, 6.07) is 12.3. The largest absolute Gasteiger partial charge is 0.341 e. The number of aromatic nitrogens is 2. The van der Waals surface area contributed by atoms with Crippen LogP contribution in [0.1, 0.15) is 17.8 Å². The summed E-state index contributed by atoms with van der Waals surface area (Å²) >= 11 is 1.69. The van der Waals surface area contributed by atoms with Crippen molar-refractivity contribution in [2.45, 2.75) is 25.9 Å². The molecule has 25 heavy (non-hydrogen) atoms. The van der Waals surface area contributed by atoms with E-state index in [-0.39, 0.29) is 11.8 Å². The molecular weight excluding hydrogens is 330 g/mol. The van der Waals surface area contributed by atoms with Crippen LogP contribution in [-0.2, 0) is 24.3 Å². The zero-order valence-electron chi connectivity index (χ0n) is 14.3. The average molecular weight is 351 g/mol. The van der Waals surface area contributed by atoms with E-state index in [1.807, 2.05) is 36.3 Å². The molecule has 4 rings (SSSR count). The number of hydrogen-bond acceptors (Lipinski definition) is 3. The fourth-order valence-corrected chi connectivity index (χ4v) is 4.17. The van der Waals surface area contributed by atoms with Crippen LogP contribution in [0.3, 0.4) is 0 Å². The van der Waals surface area contributed by atoms with Crippen LogP contribution in [0.15, 0.2) is 53.4 Å². The van der Waals surface area contributed by atoms with Crippen molar-refractivity contribution in [3.8, 4) is 11.3 Å². The van der Waals surface area contributed by atoms with Crippen molar-refractivity contribution >= 4 is 17.2 Å². The molecule has 0 radical (unpaired) electrons. The Morgan fingerprint density at radius 1 is 1.32 bits per heavy atom. The third-order valence-electron chi connectivity index (χ3n) is 4.86. The minimum absolute atomic E-state index is 0.0211. The van der Waals surface area contributed by atoms with Gasteiger partial charge >= 0.3 is 0 Å². The number of rotatable bonds is 4. The zero-order valence-corrected chi connectivity index (χ0v) is 15.1. The monoisotopic (exact) mass is 351 g/mol. The van der Waals surface area contributed by atoms with Crippen molar-refractivity contribution in [2.75, 3.05) is 7.05 Å². The van der Waals surface area contributed by atoms with Gasteiger partial charge < -0.3 is 9.47 Å². The Labute approximate surface area is 151 Å². The van der Waals surface area contributed by atoms with Crippen LogP contribution in [0.5, 0.6) is 0 Å². The lowest BCUT2D eigenvalue weighted by molar-refractivity contribution is -0.135. The van der Waals surface area contributed by atoms with Gasteiger partial charge in [0.25, 0.3) is 0 Å². The minimum Gasteiger partial charge on any atom is -0.341 e. The Bertz CT molecular complexity index is 854. The summed E-state index contributed by atoms with van der Waals surface area (Å²) in [4.78, 5) is 19.3. The molecule has 1 amide bonds. The zero-order chi connectivity index (χ0) is 17.2. The van der Waals surface area contributed by atoms with E-state index in [0.717, 1.165) is 36.5 Å². The molecule has 0 fully saturated rings. The summed E-state index contributed by atoms with van der Waals surface area (Å²) in [6.07, 6.45) is 3.68. The van der Waals surface area contributed by atoms with E-state index in [1.54, 1.807) is 11.3 Å². The van der Waals surface area contributed by atoms with E-state index >= 15 is 0 Å². The van der Waals surface area contributed by atoms with Crippen molar-refractivity contribution in [3.63, 3.8) is 0 Å². The number of carbonyl (C=O) groups is 1. The molecule has 0 aliphatic carbocycles. The van der Waals surface area contributed by atoms with Crippen LogP contribution in [0.25, 0.3) is 11.3 Å². The molecule has 5 heteroatoms. The Balaban J connectivity index is 1.50. The standard InChI is InChI=1S/C20H21N3OS/c1-22(12-15-5-3-2-4-6-15)20(24)16-7-8-19-21-11-18(23(19)13-16)17-9-10-25-14-17/h2-6,9-11,14,16H,7-8,12-13H2,1H3. The van der Waals surface area contributed by atoms with E-state index in [4.69, 9.17) is 0 Å². The van der Waals surface area contributed by atoms with Gasteiger partial charge in [0.2, 0.25) is 5.91 Å². The summed E-state index contributed by atoms with van der Waals surface area (Å²) in [5, 5.41) is 4.21. The Kier molecular flexibility index (Phi) is 4.40. The molecule has 0 spiro atoms. The van der Waals surface area contributed by atoms with Gasteiger partial charge in [0.05, 0.1) is 17.8 Å². The number of carbonyl (C=O) groups excluding carboxylic acids is 1. The second-order valence-corrected chi connectivity index (χ2v) is 7.38. The third-order valence-corrected chi connectivity index (χ3v) is 5.55. The van der Waals surface area contributed by atoms with Crippen molar-refractivity contribution in [2.24, 2.45) is 5.92 Å². The van der Waals surface area contributed by atoms with Crippen LogP contribution in [0, 0.1) is 5.92 Å². The molecular formula is C20H21N3OS. The molecule has 1 aliphatic heterocycles. The van der Waals surface area contributed by atoms with E-state index in [1.165, 1.54) is 5.56 Å². The number of nitrogens with zero attached hydrogens (tertiary/aromatic N) is 3. The number of aryl methyl sites for hydroxylation is 1. The Morgan fingerprint density at radius 2 is 2.16 bits per heavy atom. The maximum Gasteiger partial charge on any atom is 0.227 e. The first kappa shape index (κ1) is 16.1. The maximum absolute atomic E-state index is 12.9. The van der Waals surface area contributed by atoms with Gasteiger partial charge in [0.15, 0.2) is 0 Å². The predicted molar refractivity (Wildman–Crippen MR) is 100 cm³/mol.